The Morgan fingerprint density at radius 2 is 1.88 bits per heavy atom. The normalized spacial score (nSPS) is 18.2. The van der Waals surface area contributed by atoms with E-state index in [1.165, 1.54) is 22.5 Å². The molecule has 2 fully saturated rings. The van der Waals surface area contributed by atoms with Crippen LogP contribution in [0.15, 0.2) is 30.5 Å². The van der Waals surface area contributed by atoms with Gasteiger partial charge in [0.25, 0.3) is 0 Å². The molecule has 4 heterocycles. The molecular formula is C26H36N6O. The molecule has 0 atom stereocenters. The first-order chi connectivity index (χ1) is 16.1. The maximum absolute atomic E-state index is 5.59. The molecule has 0 unspecified atom stereocenters. The summed E-state index contributed by atoms with van der Waals surface area (Å²) in [5.74, 6) is 0. The quantitative estimate of drug-likeness (QED) is 0.616. The van der Waals surface area contributed by atoms with Gasteiger partial charge in [-0.1, -0.05) is 12.1 Å². The number of hydrogen-bond donors (Lipinski definition) is 1. The van der Waals surface area contributed by atoms with Crippen molar-refractivity contribution in [2.24, 2.45) is 0 Å². The maximum atomic E-state index is 5.59. The van der Waals surface area contributed by atoms with Gasteiger partial charge in [0.15, 0.2) is 5.65 Å². The summed E-state index contributed by atoms with van der Waals surface area (Å²) in [6, 6.07) is 9.28. The van der Waals surface area contributed by atoms with Gasteiger partial charge in [0.2, 0.25) is 0 Å². The molecule has 2 saturated heterocycles. The third-order valence-corrected chi connectivity index (χ3v) is 7.08. The van der Waals surface area contributed by atoms with Gasteiger partial charge >= 0.3 is 0 Å². The van der Waals surface area contributed by atoms with Crippen LogP contribution in [0.4, 0.5) is 11.4 Å². The van der Waals surface area contributed by atoms with Gasteiger partial charge in [-0.25, -0.2) is 9.67 Å². The molecule has 0 amide bonds. The highest BCUT2D eigenvalue weighted by Crippen LogP contribution is 2.32. The second-order valence-corrected chi connectivity index (χ2v) is 9.38. The fraction of sp³-hybridized carbons (Fsp3) is 0.538. The van der Waals surface area contributed by atoms with Crippen LogP contribution in [-0.4, -0.2) is 65.1 Å². The molecule has 0 bridgehead atoms. The van der Waals surface area contributed by atoms with Crippen LogP contribution in [0.5, 0.6) is 0 Å². The van der Waals surface area contributed by atoms with E-state index in [0.29, 0.717) is 6.04 Å². The van der Waals surface area contributed by atoms with E-state index in [-0.39, 0.29) is 0 Å². The molecule has 1 N–H and O–H groups in total. The molecule has 176 valence electrons. The molecule has 2 aliphatic heterocycles. The van der Waals surface area contributed by atoms with Crippen LogP contribution in [0.3, 0.4) is 0 Å². The van der Waals surface area contributed by atoms with E-state index in [0.717, 1.165) is 82.1 Å². The Bertz CT molecular complexity index is 1100. The highest BCUT2D eigenvalue weighted by molar-refractivity contribution is 5.91. The molecule has 0 spiro atoms. The minimum absolute atomic E-state index is 0.436. The fourth-order valence-corrected chi connectivity index (χ4v) is 5.09. The highest BCUT2D eigenvalue weighted by Gasteiger charge is 2.24. The van der Waals surface area contributed by atoms with Crippen molar-refractivity contribution >= 4 is 22.4 Å². The zero-order valence-electron chi connectivity index (χ0n) is 20.2. The Labute approximate surface area is 196 Å². The summed E-state index contributed by atoms with van der Waals surface area (Å²) < 4.78 is 7.60. The summed E-state index contributed by atoms with van der Waals surface area (Å²) >= 11 is 0. The fourth-order valence-electron chi connectivity index (χ4n) is 5.09. The van der Waals surface area contributed by atoms with Gasteiger partial charge in [0, 0.05) is 75.5 Å². The van der Waals surface area contributed by atoms with Gasteiger partial charge in [-0.15, -0.1) is 0 Å². The lowest BCUT2D eigenvalue weighted by atomic mass is 10.0. The molecule has 33 heavy (non-hydrogen) atoms. The van der Waals surface area contributed by atoms with Crippen molar-refractivity contribution in [3.8, 4) is 0 Å². The van der Waals surface area contributed by atoms with Crippen LogP contribution < -0.4 is 10.2 Å². The lowest BCUT2D eigenvalue weighted by molar-refractivity contribution is 0.0904. The zero-order valence-corrected chi connectivity index (χ0v) is 20.2. The molecular weight excluding hydrogens is 412 g/mol. The summed E-state index contributed by atoms with van der Waals surface area (Å²) in [5, 5.41) is 9.65. The number of piperazine rings is 1. The average molecular weight is 449 g/mol. The standard InChI is InChI=1S/C26H36N6O/c1-4-32-26-23(17-27-32)25(29-21-8-14-33-15-9-21)24(20(3)28-26)18-30-10-12-31(13-11-30)22-7-5-6-19(2)16-22/h5-7,16-17,21H,4,8-15,18H2,1-3H3,(H,28,29). The zero-order chi connectivity index (χ0) is 22.8. The number of rotatable bonds is 6. The summed E-state index contributed by atoms with van der Waals surface area (Å²) in [4.78, 5) is 10.1. The number of aromatic nitrogens is 3. The van der Waals surface area contributed by atoms with Crippen LogP contribution in [0.2, 0.25) is 0 Å². The summed E-state index contributed by atoms with van der Waals surface area (Å²) in [6.07, 6.45) is 4.07. The molecule has 1 aromatic carbocycles. The van der Waals surface area contributed by atoms with E-state index >= 15 is 0 Å². The van der Waals surface area contributed by atoms with Crippen molar-refractivity contribution < 1.29 is 4.74 Å². The minimum atomic E-state index is 0.436. The first kappa shape index (κ1) is 22.2. The molecule has 2 aliphatic rings. The van der Waals surface area contributed by atoms with Gasteiger partial charge in [0.05, 0.1) is 17.3 Å². The second-order valence-electron chi connectivity index (χ2n) is 9.38. The van der Waals surface area contributed by atoms with E-state index in [1.54, 1.807) is 0 Å². The van der Waals surface area contributed by atoms with Crippen molar-refractivity contribution in [2.45, 2.75) is 52.7 Å². The number of pyridine rings is 1. The molecule has 3 aromatic rings. The molecule has 0 saturated carbocycles. The summed E-state index contributed by atoms with van der Waals surface area (Å²) in [6.45, 7) is 14.0. The minimum Gasteiger partial charge on any atom is -0.381 e. The van der Waals surface area contributed by atoms with Crippen molar-refractivity contribution in [1.29, 1.82) is 0 Å². The predicted molar refractivity (Wildman–Crippen MR) is 134 cm³/mol. The Balaban J connectivity index is 1.38. The third-order valence-electron chi connectivity index (χ3n) is 7.08. The highest BCUT2D eigenvalue weighted by atomic mass is 16.5. The predicted octanol–water partition coefficient (Wildman–Crippen LogP) is 3.98. The van der Waals surface area contributed by atoms with Crippen LogP contribution in [0.25, 0.3) is 11.0 Å². The van der Waals surface area contributed by atoms with Crippen molar-refractivity contribution in [1.82, 2.24) is 19.7 Å². The number of hydrogen-bond acceptors (Lipinski definition) is 6. The van der Waals surface area contributed by atoms with Crippen molar-refractivity contribution in [2.75, 3.05) is 49.6 Å². The number of benzene rings is 1. The third kappa shape index (κ3) is 4.70. The number of nitrogens with one attached hydrogen (secondary N) is 1. The largest absolute Gasteiger partial charge is 0.381 e. The Hall–Kier alpha value is -2.64. The number of anilines is 2. The Morgan fingerprint density at radius 3 is 2.61 bits per heavy atom. The Kier molecular flexibility index (Phi) is 6.51. The van der Waals surface area contributed by atoms with Crippen molar-refractivity contribution in [3.05, 3.63) is 47.3 Å². The summed E-state index contributed by atoms with van der Waals surface area (Å²) in [5.41, 5.74) is 7.29. The van der Waals surface area contributed by atoms with Gasteiger partial charge in [0.1, 0.15) is 0 Å². The van der Waals surface area contributed by atoms with E-state index in [1.807, 2.05) is 10.9 Å². The smallest absolute Gasteiger partial charge is 0.160 e. The number of nitrogens with zero attached hydrogens (tertiary/aromatic N) is 5. The molecule has 7 heteroatoms. The van der Waals surface area contributed by atoms with Crippen LogP contribution in [-0.2, 0) is 17.8 Å². The van der Waals surface area contributed by atoms with Crippen LogP contribution >= 0.6 is 0 Å². The van der Waals surface area contributed by atoms with Gasteiger partial charge in [-0.2, -0.15) is 5.10 Å². The number of fused-ring (bicyclic) bond motifs is 1. The van der Waals surface area contributed by atoms with E-state index in [2.05, 4.69) is 65.3 Å². The van der Waals surface area contributed by atoms with E-state index in [4.69, 9.17) is 9.72 Å². The lowest BCUT2D eigenvalue weighted by Gasteiger charge is -2.37. The first-order valence-corrected chi connectivity index (χ1v) is 12.4. The summed E-state index contributed by atoms with van der Waals surface area (Å²) in [7, 11) is 0. The lowest BCUT2D eigenvalue weighted by Crippen LogP contribution is -2.46. The molecule has 0 aliphatic carbocycles. The first-order valence-electron chi connectivity index (χ1n) is 12.4. The molecule has 2 aromatic heterocycles. The molecule has 5 rings (SSSR count). The van der Waals surface area contributed by atoms with E-state index in [9.17, 15) is 0 Å². The van der Waals surface area contributed by atoms with Crippen molar-refractivity contribution in [3.63, 3.8) is 0 Å². The van der Waals surface area contributed by atoms with Gasteiger partial charge in [-0.3, -0.25) is 4.90 Å². The SMILES string of the molecule is CCn1ncc2c(NC3CCOCC3)c(CN3CCN(c4cccc(C)c4)CC3)c(C)nc21. The second kappa shape index (κ2) is 9.69. The van der Waals surface area contributed by atoms with Gasteiger partial charge in [-0.05, 0) is 51.3 Å². The van der Waals surface area contributed by atoms with Crippen LogP contribution in [0, 0.1) is 13.8 Å². The monoisotopic (exact) mass is 448 g/mol. The number of aryl methyl sites for hydroxylation is 3. The number of ether oxygens (including phenoxy) is 1. The topological polar surface area (TPSA) is 58.5 Å². The van der Waals surface area contributed by atoms with Crippen LogP contribution in [0.1, 0.15) is 36.6 Å². The molecule has 7 nitrogen and oxygen atoms in total. The maximum Gasteiger partial charge on any atom is 0.160 e. The van der Waals surface area contributed by atoms with Gasteiger partial charge < -0.3 is 15.0 Å². The average Bonchev–Trinajstić information content (AvgIpc) is 3.25. The Morgan fingerprint density at radius 1 is 1.09 bits per heavy atom. The van der Waals surface area contributed by atoms with E-state index < -0.39 is 0 Å². The molecule has 0 radical (unpaired) electrons.